The van der Waals surface area contributed by atoms with Crippen LogP contribution in [0.3, 0.4) is 0 Å². The van der Waals surface area contributed by atoms with Crippen LogP contribution in [0.2, 0.25) is 0 Å². The fourth-order valence-corrected chi connectivity index (χ4v) is 5.74. The van der Waals surface area contributed by atoms with E-state index in [4.69, 9.17) is 0 Å². The van der Waals surface area contributed by atoms with Crippen LogP contribution in [0.15, 0.2) is 97.5 Å². The highest BCUT2D eigenvalue weighted by Crippen LogP contribution is 2.21. The van der Waals surface area contributed by atoms with Gasteiger partial charge in [-0.05, 0) is 72.8 Å². The van der Waals surface area contributed by atoms with Crippen LogP contribution in [0.25, 0.3) is 10.9 Å². The molecular formula is C37H47N7O. The van der Waals surface area contributed by atoms with Gasteiger partial charge in [0, 0.05) is 81.9 Å². The lowest BCUT2D eigenvalue weighted by atomic mass is 10.1. The summed E-state index contributed by atoms with van der Waals surface area (Å²) in [5.41, 5.74) is 8.51. The summed E-state index contributed by atoms with van der Waals surface area (Å²) in [4.78, 5) is 14.8. The number of nitrogens with one attached hydrogen (secondary N) is 4. The number of nitrogens with zero attached hydrogens (tertiary/aromatic N) is 3. The first-order valence-corrected chi connectivity index (χ1v) is 16.1. The molecule has 5 N–H and O–H groups in total. The third-order valence-electron chi connectivity index (χ3n) is 8.26. The van der Waals surface area contributed by atoms with Crippen molar-refractivity contribution in [1.29, 1.82) is 0 Å². The van der Waals surface area contributed by atoms with Crippen molar-refractivity contribution < 1.29 is 5.11 Å². The van der Waals surface area contributed by atoms with Crippen molar-refractivity contribution in [1.82, 2.24) is 35.8 Å². The van der Waals surface area contributed by atoms with Crippen molar-refractivity contribution >= 4 is 10.9 Å². The van der Waals surface area contributed by atoms with Crippen LogP contribution >= 0.6 is 0 Å². The van der Waals surface area contributed by atoms with Crippen molar-refractivity contribution in [3.05, 3.63) is 131 Å². The van der Waals surface area contributed by atoms with Crippen LogP contribution in [0.4, 0.5) is 0 Å². The molecule has 0 saturated heterocycles. The van der Waals surface area contributed by atoms with Gasteiger partial charge in [0.1, 0.15) is 0 Å². The van der Waals surface area contributed by atoms with Gasteiger partial charge in [-0.3, -0.25) is 14.9 Å². The smallest absolute Gasteiger partial charge is 0.0574 e. The van der Waals surface area contributed by atoms with E-state index >= 15 is 0 Å². The Kier molecular flexibility index (Phi) is 12.7. The standard InChI is InChI=1S/C37H47N7O/c1-29-7-6-9-34-32(26-43-37(29)34)15-19-38-25-30-11-13-31(14-12-30)28-44(22-20-39-27-33-8-2-4-17-40-33)23-21-42-36(16-24-45)35-10-3-5-18-41-35/h2-14,17-18,26,36,38-39,42-43,45H,15-16,19-25,27-28H2,1H3. The van der Waals surface area contributed by atoms with Gasteiger partial charge in [-0.1, -0.05) is 54.6 Å². The highest BCUT2D eigenvalue weighted by molar-refractivity contribution is 5.85. The molecule has 5 rings (SSSR count). The second-order valence-electron chi connectivity index (χ2n) is 11.6. The summed E-state index contributed by atoms with van der Waals surface area (Å²) in [7, 11) is 0. The molecule has 8 heteroatoms. The highest BCUT2D eigenvalue weighted by atomic mass is 16.3. The maximum atomic E-state index is 9.62. The minimum Gasteiger partial charge on any atom is -0.396 e. The van der Waals surface area contributed by atoms with E-state index in [1.54, 1.807) is 0 Å². The lowest BCUT2D eigenvalue weighted by molar-refractivity contribution is 0.242. The molecule has 236 valence electrons. The van der Waals surface area contributed by atoms with Gasteiger partial charge in [-0.2, -0.15) is 0 Å². The zero-order chi connectivity index (χ0) is 31.1. The van der Waals surface area contributed by atoms with E-state index in [0.717, 1.165) is 70.2 Å². The third kappa shape index (κ3) is 10.0. The summed E-state index contributed by atoms with van der Waals surface area (Å²) in [5, 5.41) is 21.7. The summed E-state index contributed by atoms with van der Waals surface area (Å²) in [6.07, 6.45) is 7.43. The lowest BCUT2D eigenvalue weighted by Gasteiger charge is -2.25. The Labute approximate surface area is 267 Å². The summed E-state index contributed by atoms with van der Waals surface area (Å²) >= 11 is 0. The predicted molar refractivity (Wildman–Crippen MR) is 183 cm³/mol. The quantitative estimate of drug-likeness (QED) is 0.0854. The maximum absolute atomic E-state index is 9.62. The van der Waals surface area contributed by atoms with Crippen LogP contribution < -0.4 is 16.0 Å². The van der Waals surface area contributed by atoms with Crippen LogP contribution in [-0.4, -0.2) is 64.3 Å². The van der Waals surface area contributed by atoms with E-state index in [0.29, 0.717) is 6.42 Å². The monoisotopic (exact) mass is 605 g/mol. The molecule has 5 aromatic rings. The molecule has 0 aliphatic carbocycles. The molecule has 1 atom stereocenters. The van der Waals surface area contributed by atoms with Gasteiger partial charge >= 0.3 is 0 Å². The molecule has 2 aromatic carbocycles. The summed E-state index contributed by atoms with van der Waals surface area (Å²) in [5.74, 6) is 0. The lowest BCUT2D eigenvalue weighted by Crippen LogP contribution is -2.37. The Balaban J connectivity index is 1.11. The second-order valence-corrected chi connectivity index (χ2v) is 11.6. The summed E-state index contributed by atoms with van der Waals surface area (Å²) in [6.45, 7) is 9.17. The van der Waals surface area contributed by atoms with Crippen LogP contribution in [0.5, 0.6) is 0 Å². The minimum absolute atomic E-state index is 0.0344. The largest absolute Gasteiger partial charge is 0.396 e. The molecule has 45 heavy (non-hydrogen) atoms. The first-order valence-electron chi connectivity index (χ1n) is 16.1. The molecule has 0 radical (unpaired) electrons. The number of benzene rings is 2. The van der Waals surface area contributed by atoms with Crippen LogP contribution in [0.1, 0.15) is 46.1 Å². The van der Waals surface area contributed by atoms with E-state index in [1.165, 1.54) is 33.2 Å². The summed E-state index contributed by atoms with van der Waals surface area (Å²) in [6, 6.07) is 27.5. The number of rotatable bonds is 19. The minimum atomic E-state index is 0.0344. The van der Waals surface area contributed by atoms with Gasteiger partial charge in [-0.15, -0.1) is 0 Å². The van der Waals surface area contributed by atoms with Gasteiger partial charge in [0.05, 0.1) is 17.4 Å². The number of hydrogen-bond donors (Lipinski definition) is 5. The fourth-order valence-electron chi connectivity index (χ4n) is 5.74. The normalized spacial score (nSPS) is 12.2. The van der Waals surface area contributed by atoms with Crippen LogP contribution in [0, 0.1) is 6.92 Å². The van der Waals surface area contributed by atoms with Gasteiger partial charge in [0.25, 0.3) is 0 Å². The molecular weight excluding hydrogens is 558 g/mol. The molecule has 0 spiro atoms. The topological polar surface area (TPSA) is 101 Å². The van der Waals surface area contributed by atoms with Crippen molar-refractivity contribution in [3.8, 4) is 0 Å². The first kappa shape index (κ1) is 32.5. The number of aliphatic hydroxyl groups is 1. The molecule has 0 fully saturated rings. The van der Waals surface area contributed by atoms with E-state index in [-0.39, 0.29) is 12.6 Å². The number of aryl methyl sites for hydroxylation is 1. The highest BCUT2D eigenvalue weighted by Gasteiger charge is 2.13. The number of para-hydroxylation sites is 1. The van der Waals surface area contributed by atoms with Gasteiger partial charge in [0.15, 0.2) is 0 Å². The average molecular weight is 606 g/mol. The first-order chi connectivity index (χ1) is 22.2. The molecule has 0 bridgehead atoms. The SMILES string of the molecule is Cc1cccc2c(CCNCc3ccc(CN(CCNCc4ccccn4)CCNC(CCO)c4ccccn4)cc3)c[nH]c12. The number of H-pyrrole nitrogens is 1. The Bertz CT molecular complexity index is 1540. The molecule has 8 nitrogen and oxygen atoms in total. The van der Waals surface area contributed by atoms with Crippen molar-refractivity contribution in [2.75, 3.05) is 39.3 Å². The van der Waals surface area contributed by atoms with Gasteiger partial charge < -0.3 is 26.0 Å². The molecule has 0 amide bonds. The van der Waals surface area contributed by atoms with Crippen molar-refractivity contribution in [2.45, 2.75) is 45.4 Å². The average Bonchev–Trinajstić information content (AvgIpc) is 3.50. The van der Waals surface area contributed by atoms with E-state index in [1.807, 2.05) is 48.8 Å². The molecule has 0 saturated carbocycles. The molecule has 3 heterocycles. The number of aromatic amines is 1. The predicted octanol–water partition coefficient (Wildman–Crippen LogP) is 4.90. The van der Waals surface area contributed by atoms with E-state index < -0.39 is 0 Å². The van der Waals surface area contributed by atoms with E-state index in [9.17, 15) is 5.11 Å². The molecule has 0 aliphatic heterocycles. The molecule has 3 aromatic heterocycles. The van der Waals surface area contributed by atoms with Gasteiger partial charge in [0.2, 0.25) is 0 Å². The Morgan fingerprint density at radius 2 is 1.58 bits per heavy atom. The second kappa shape index (κ2) is 17.5. The zero-order valence-electron chi connectivity index (χ0n) is 26.4. The number of hydrogen-bond acceptors (Lipinski definition) is 7. The molecule has 1 unspecified atom stereocenters. The van der Waals surface area contributed by atoms with Crippen LogP contribution in [-0.2, 0) is 26.1 Å². The Morgan fingerprint density at radius 1 is 0.800 bits per heavy atom. The maximum Gasteiger partial charge on any atom is 0.0574 e. The van der Waals surface area contributed by atoms with Gasteiger partial charge in [-0.25, -0.2) is 0 Å². The van der Waals surface area contributed by atoms with E-state index in [2.05, 4.69) is 91.4 Å². The number of aliphatic hydroxyl groups excluding tert-OH is 1. The van der Waals surface area contributed by atoms with Crippen molar-refractivity contribution in [2.24, 2.45) is 0 Å². The fraction of sp³-hybridized carbons (Fsp3) is 0.351. The molecule has 0 aliphatic rings. The van der Waals surface area contributed by atoms with Crippen molar-refractivity contribution in [3.63, 3.8) is 0 Å². The summed E-state index contributed by atoms with van der Waals surface area (Å²) < 4.78 is 0. The Hall–Kier alpha value is -3.92. The number of aromatic nitrogens is 3. The number of fused-ring (bicyclic) bond motifs is 1. The third-order valence-corrected chi connectivity index (χ3v) is 8.26. The number of pyridine rings is 2. The zero-order valence-corrected chi connectivity index (χ0v) is 26.4. The Morgan fingerprint density at radius 3 is 2.36 bits per heavy atom.